The number of anilines is 1. The van der Waals surface area contributed by atoms with Crippen LogP contribution in [0.5, 0.6) is 0 Å². The van der Waals surface area contributed by atoms with Gasteiger partial charge in [-0.1, -0.05) is 0 Å². The summed E-state index contributed by atoms with van der Waals surface area (Å²) in [4.78, 5) is 6.26. The van der Waals surface area contributed by atoms with Crippen molar-refractivity contribution in [2.75, 3.05) is 18.5 Å². The Bertz CT molecular complexity index is 220. The molecule has 0 bridgehead atoms. The van der Waals surface area contributed by atoms with Gasteiger partial charge in [0.1, 0.15) is 4.60 Å². The van der Waals surface area contributed by atoms with Crippen molar-refractivity contribution < 1.29 is 0 Å². The van der Waals surface area contributed by atoms with Crippen molar-refractivity contribution in [2.24, 2.45) is 0 Å². The van der Waals surface area contributed by atoms with Gasteiger partial charge in [-0.05, 0) is 35.0 Å². The summed E-state index contributed by atoms with van der Waals surface area (Å²) in [6.45, 7) is 3.12. The summed E-state index contributed by atoms with van der Waals surface area (Å²) in [5.74, 6) is 0. The fraction of sp³-hybridized carbons (Fsp3) is 0.375. The van der Waals surface area contributed by atoms with Gasteiger partial charge >= 0.3 is 0 Å². The van der Waals surface area contributed by atoms with Crippen LogP contribution in [-0.4, -0.2) is 18.6 Å². The van der Waals surface area contributed by atoms with Crippen molar-refractivity contribution in [2.45, 2.75) is 6.92 Å². The monoisotopic (exact) mass is 214 g/mol. The SMILES string of the molecule is CCN(C)c1ccc(Br)nc1. The first kappa shape index (κ1) is 8.53. The van der Waals surface area contributed by atoms with Crippen molar-refractivity contribution in [1.29, 1.82) is 0 Å². The summed E-state index contributed by atoms with van der Waals surface area (Å²) in [5.41, 5.74) is 1.15. The van der Waals surface area contributed by atoms with E-state index in [4.69, 9.17) is 0 Å². The molecule has 0 saturated carbocycles. The van der Waals surface area contributed by atoms with Crippen molar-refractivity contribution in [3.05, 3.63) is 22.9 Å². The zero-order valence-corrected chi connectivity index (χ0v) is 8.30. The number of halogens is 1. The molecule has 0 aliphatic carbocycles. The third-order valence-corrected chi connectivity index (χ3v) is 2.10. The van der Waals surface area contributed by atoms with Gasteiger partial charge in [0, 0.05) is 13.6 Å². The Balaban J connectivity index is 2.81. The molecule has 0 aliphatic rings. The Morgan fingerprint density at radius 3 is 2.73 bits per heavy atom. The number of aromatic nitrogens is 1. The van der Waals surface area contributed by atoms with Gasteiger partial charge in [0.05, 0.1) is 11.9 Å². The van der Waals surface area contributed by atoms with Crippen LogP contribution in [-0.2, 0) is 0 Å². The van der Waals surface area contributed by atoms with Gasteiger partial charge in [0.25, 0.3) is 0 Å². The van der Waals surface area contributed by atoms with E-state index in [2.05, 4.69) is 32.7 Å². The van der Waals surface area contributed by atoms with E-state index >= 15 is 0 Å². The molecule has 0 N–H and O–H groups in total. The fourth-order valence-electron chi connectivity index (χ4n) is 0.776. The highest BCUT2D eigenvalue weighted by Crippen LogP contribution is 2.13. The molecule has 1 rings (SSSR count). The van der Waals surface area contributed by atoms with E-state index in [-0.39, 0.29) is 0 Å². The molecule has 3 heteroatoms. The predicted octanol–water partition coefficient (Wildman–Crippen LogP) is 2.30. The summed E-state index contributed by atoms with van der Waals surface area (Å²) < 4.78 is 0.880. The van der Waals surface area contributed by atoms with Gasteiger partial charge in [-0.3, -0.25) is 0 Å². The van der Waals surface area contributed by atoms with Crippen LogP contribution in [0.25, 0.3) is 0 Å². The Hall–Kier alpha value is -0.570. The summed E-state index contributed by atoms with van der Waals surface area (Å²) in [6.07, 6.45) is 1.85. The van der Waals surface area contributed by atoms with E-state index < -0.39 is 0 Å². The second-order valence-corrected chi connectivity index (χ2v) is 3.17. The van der Waals surface area contributed by atoms with Crippen molar-refractivity contribution in [3.8, 4) is 0 Å². The highest BCUT2D eigenvalue weighted by molar-refractivity contribution is 9.10. The fourth-order valence-corrected chi connectivity index (χ4v) is 1.01. The first-order valence-corrected chi connectivity index (χ1v) is 4.36. The summed E-state index contributed by atoms with van der Waals surface area (Å²) in [6, 6.07) is 3.99. The highest BCUT2D eigenvalue weighted by atomic mass is 79.9. The quantitative estimate of drug-likeness (QED) is 0.703. The molecular weight excluding hydrogens is 204 g/mol. The molecule has 0 radical (unpaired) electrons. The molecule has 0 unspecified atom stereocenters. The third kappa shape index (κ3) is 2.19. The number of rotatable bonds is 2. The Labute approximate surface area is 75.4 Å². The maximum Gasteiger partial charge on any atom is 0.106 e. The van der Waals surface area contributed by atoms with Crippen LogP contribution in [0.2, 0.25) is 0 Å². The first-order chi connectivity index (χ1) is 5.24. The average molecular weight is 215 g/mol. The number of pyridine rings is 1. The lowest BCUT2D eigenvalue weighted by molar-refractivity contribution is 0.960. The molecule has 1 aromatic heterocycles. The Kier molecular flexibility index (Phi) is 2.88. The lowest BCUT2D eigenvalue weighted by Gasteiger charge is -2.15. The number of hydrogen-bond donors (Lipinski definition) is 0. The molecule has 0 aromatic carbocycles. The van der Waals surface area contributed by atoms with Crippen LogP contribution < -0.4 is 4.90 Å². The first-order valence-electron chi connectivity index (χ1n) is 3.56. The summed E-state index contributed by atoms with van der Waals surface area (Å²) in [5, 5.41) is 0. The van der Waals surface area contributed by atoms with Gasteiger partial charge in [0.15, 0.2) is 0 Å². The standard InChI is InChI=1S/C8H11BrN2/c1-3-11(2)7-4-5-8(9)10-6-7/h4-6H,3H2,1-2H3. The molecule has 1 aromatic rings. The van der Waals surface area contributed by atoms with E-state index in [0.717, 1.165) is 16.8 Å². The van der Waals surface area contributed by atoms with E-state index in [1.165, 1.54) is 0 Å². The smallest absolute Gasteiger partial charge is 0.106 e. The maximum atomic E-state index is 4.12. The molecule has 1 heterocycles. The van der Waals surface area contributed by atoms with Gasteiger partial charge < -0.3 is 4.90 Å². The molecule has 11 heavy (non-hydrogen) atoms. The molecule has 0 fully saturated rings. The third-order valence-electron chi connectivity index (χ3n) is 1.63. The molecule has 0 amide bonds. The zero-order valence-electron chi connectivity index (χ0n) is 6.71. The van der Waals surface area contributed by atoms with Gasteiger partial charge in [-0.25, -0.2) is 4.98 Å². The van der Waals surface area contributed by atoms with Gasteiger partial charge in [0.2, 0.25) is 0 Å². The molecule has 2 nitrogen and oxygen atoms in total. The summed E-state index contributed by atoms with van der Waals surface area (Å²) >= 11 is 3.29. The minimum absolute atomic E-state index is 0.880. The van der Waals surface area contributed by atoms with E-state index in [1.807, 2.05) is 25.4 Å². The predicted molar refractivity (Wildman–Crippen MR) is 50.9 cm³/mol. The summed E-state index contributed by atoms with van der Waals surface area (Å²) in [7, 11) is 2.05. The number of nitrogens with zero attached hydrogens (tertiary/aromatic N) is 2. The minimum Gasteiger partial charge on any atom is -0.374 e. The van der Waals surface area contributed by atoms with Gasteiger partial charge in [-0.15, -0.1) is 0 Å². The van der Waals surface area contributed by atoms with Crippen molar-refractivity contribution in [1.82, 2.24) is 4.98 Å². The van der Waals surface area contributed by atoms with Crippen LogP contribution in [0.15, 0.2) is 22.9 Å². The maximum absolute atomic E-state index is 4.12. The number of hydrogen-bond acceptors (Lipinski definition) is 2. The zero-order chi connectivity index (χ0) is 8.27. The lowest BCUT2D eigenvalue weighted by Crippen LogP contribution is -2.15. The van der Waals surface area contributed by atoms with Crippen LogP contribution in [0.4, 0.5) is 5.69 Å². The van der Waals surface area contributed by atoms with Crippen LogP contribution >= 0.6 is 15.9 Å². The van der Waals surface area contributed by atoms with Gasteiger partial charge in [-0.2, -0.15) is 0 Å². The van der Waals surface area contributed by atoms with Crippen LogP contribution in [0.1, 0.15) is 6.92 Å². The molecule has 60 valence electrons. The van der Waals surface area contributed by atoms with E-state index in [1.54, 1.807) is 0 Å². The van der Waals surface area contributed by atoms with Crippen LogP contribution in [0, 0.1) is 0 Å². The van der Waals surface area contributed by atoms with E-state index in [0.29, 0.717) is 0 Å². The lowest BCUT2D eigenvalue weighted by atomic mass is 10.4. The minimum atomic E-state index is 0.880. The Morgan fingerprint density at radius 2 is 2.27 bits per heavy atom. The molecule has 0 saturated heterocycles. The van der Waals surface area contributed by atoms with Crippen molar-refractivity contribution in [3.63, 3.8) is 0 Å². The molecule has 0 aliphatic heterocycles. The molecule has 0 atom stereocenters. The average Bonchev–Trinajstić information content (AvgIpc) is 2.05. The normalized spacial score (nSPS) is 9.73. The topological polar surface area (TPSA) is 16.1 Å². The van der Waals surface area contributed by atoms with Crippen molar-refractivity contribution >= 4 is 21.6 Å². The molecule has 0 spiro atoms. The highest BCUT2D eigenvalue weighted by Gasteiger charge is 1.96. The second-order valence-electron chi connectivity index (χ2n) is 2.35. The Morgan fingerprint density at radius 1 is 1.55 bits per heavy atom. The second kappa shape index (κ2) is 3.72. The van der Waals surface area contributed by atoms with E-state index in [9.17, 15) is 0 Å². The van der Waals surface area contributed by atoms with Crippen LogP contribution in [0.3, 0.4) is 0 Å². The largest absolute Gasteiger partial charge is 0.374 e. The molecular formula is C8H11BrN2.